The highest BCUT2D eigenvalue weighted by Gasteiger charge is 2.74. The number of ketones is 2. The fourth-order valence-electron chi connectivity index (χ4n) is 7.27. The molecule has 0 spiro atoms. The Balaban J connectivity index is 2.00. The van der Waals surface area contributed by atoms with Gasteiger partial charge in [-0.2, -0.15) is 0 Å². The number of carbonyl (C=O) groups excluding carboxylic acids is 4. The van der Waals surface area contributed by atoms with Crippen molar-refractivity contribution in [2.75, 3.05) is 14.2 Å². The highest BCUT2D eigenvalue weighted by Crippen LogP contribution is 2.68. The number of rotatable bonds is 3. The predicted molar refractivity (Wildman–Crippen MR) is 111 cm³/mol. The maximum atomic E-state index is 13.5. The van der Waals surface area contributed by atoms with Crippen LogP contribution in [0, 0.1) is 28.1 Å². The Labute approximate surface area is 187 Å². The lowest BCUT2D eigenvalue weighted by molar-refractivity contribution is -0.215. The van der Waals surface area contributed by atoms with Gasteiger partial charge in [-0.25, -0.2) is 0 Å². The number of hydrogen-bond acceptors (Lipinski definition) is 8. The minimum atomic E-state index is -1.31. The number of ether oxygens (including phenoxy) is 3. The first-order valence-electron chi connectivity index (χ1n) is 10.9. The maximum Gasteiger partial charge on any atom is 0.315 e. The minimum Gasteiger partial charge on any atom is -0.469 e. The first-order chi connectivity index (χ1) is 14.9. The van der Waals surface area contributed by atoms with Gasteiger partial charge in [0.05, 0.1) is 44.4 Å². The zero-order valence-corrected chi connectivity index (χ0v) is 19.3. The van der Waals surface area contributed by atoms with Gasteiger partial charge in [0.25, 0.3) is 0 Å². The lowest BCUT2D eigenvalue weighted by Crippen LogP contribution is -2.69. The highest BCUT2D eigenvalue weighted by atomic mass is 16.5. The average molecular weight is 446 g/mol. The molecule has 174 valence electrons. The topological polar surface area (TPSA) is 116 Å². The van der Waals surface area contributed by atoms with Crippen molar-refractivity contribution in [2.45, 2.75) is 58.8 Å². The summed E-state index contributed by atoms with van der Waals surface area (Å²) in [5.74, 6) is -3.01. The second-order valence-electron chi connectivity index (χ2n) is 10.0. The molecule has 8 heteroatoms. The monoisotopic (exact) mass is 446 g/mol. The Morgan fingerprint density at radius 1 is 1.16 bits per heavy atom. The van der Waals surface area contributed by atoms with Crippen LogP contribution in [-0.2, 0) is 33.4 Å². The van der Waals surface area contributed by atoms with Gasteiger partial charge in [-0.05, 0) is 37.0 Å². The zero-order chi connectivity index (χ0) is 23.8. The molecule has 0 radical (unpaired) electrons. The van der Waals surface area contributed by atoms with E-state index in [0.29, 0.717) is 5.57 Å². The molecule has 0 aromatic heterocycles. The van der Waals surface area contributed by atoms with Crippen molar-refractivity contribution >= 4 is 23.5 Å². The fraction of sp³-hybridized carbons (Fsp3) is 0.667. The van der Waals surface area contributed by atoms with E-state index in [1.54, 1.807) is 20.8 Å². The molecule has 0 aromatic carbocycles. The first-order valence-corrected chi connectivity index (χ1v) is 10.9. The van der Waals surface area contributed by atoms with E-state index in [1.165, 1.54) is 26.4 Å². The van der Waals surface area contributed by atoms with E-state index < -0.39 is 58.3 Å². The molecule has 4 rings (SSSR count). The number of aliphatic hydroxyl groups excluding tert-OH is 1. The second kappa shape index (κ2) is 7.09. The molecule has 2 fully saturated rings. The molecule has 1 N–H and O–H groups in total. The van der Waals surface area contributed by atoms with Crippen molar-refractivity contribution < 1.29 is 38.5 Å². The molecule has 0 bridgehead atoms. The van der Waals surface area contributed by atoms with Gasteiger partial charge in [0.2, 0.25) is 0 Å². The third-order valence-electron chi connectivity index (χ3n) is 8.72. The third kappa shape index (κ3) is 2.56. The molecule has 3 aliphatic carbocycles. The Kier molecular flexibility index (Phi) is 5.06. The van der Waals surface area contributed by atoms with Gasteiger partial charge < -0.3 is 19.3 Å². The zero-order valence-electron chi connectivity index (χ0n) is 19.3. The van der Waals surface area contributed by atoms with Crippen LogP contribution in [0.15, 0.2) is 23.3 Å². The van der Waals surface area contributed by atoms with Crippen LogP contribution in [0.4, 0.5) is 0 Å². The SMILES string of the molecule is COC(=O)CC1C2(C)C3=C(C)C(=O)CC3OC2C(O)C2C(C)(C(=O)OC)C=CC(=O)C21C. The van der Waals surface area contributed by atoms with Gasteiger partial charge in [-0.1, -0.05) is 19.9 Å². The molecular formula is C24H30O8. The van der Waals surface area contributed by atoms with Gasteiger partial charge in [-0.15, -0.1) is 0 Å². The maximum absolute atomic E-state index is 13.5. The number of fused-ring (bicyclic) bond motifs is 4. The van der Waals surface area contributed by atoms with Crippen molar-refractivity contribution in [1.82, 2.24) is 0 Å². The van der Waals surface area contributed by atoms with Crippen molar-refractivity contribution in [2.24, 2.45) is 28.1 Å². The number of esters is 2. The van der Waals surface area contributed by atoms with Crippen LogP contribution in [0.2, 0.25) is 0 Å². The molecule has 32 heavy (non-hydrogen) atoms. The van der Waals surface area contributed by atoms with Crippen LogP contribution in [0.3, 0.4) is 0 Å². The van der Waals surface area contributed by atoms with Gasteiger partial charge in [-0.3, -0.25) is 19.2 Å². The summed E-state index contributed by atoms with van der Waals surface area (Å²) in [6, 6.07) is 0. The smallest absolute Gasteiger partial charge is 0.315 e. The lowest BCUT2D eigenvalue weighted by Gasteiger charge is -2.61. The van der Waals surface area contributed by atoms with E-state index in [2.05, 4.69) is 0 Å². The van der Waals surface area contributed by atoms with E-state index in [-0.39, 0.29) is 24.4 Å². The van der Waals surface area contributed by atoms with Crippen LogP contribution >= 0.6 is 0 Å². The number of Topliss-reactive ketones (excluding diaryl/α,β-unsaturated/α-hetero) is 1. The van der Waals surface area contributed by atoms with Crippen molar-refractivity contribution in [3.8, 4) is 0 Å². The van der Waals surface area contributed by atoms with Gasteiger partial charge in [0.15, 0.2) is 11.6 Å². The number of aliphatic hydroxyl groups is 1. The van der Waals surface area contributed by atoms with Crippen LogP contribution in [-0.4, -0.2) is 61.1 Å². The summed E-state index contributed by atoms with van der Waals surface area (Å²) in [6.45, 7) is 6.92. The second-order valence-corrected chi connectivity index (χ2v) is 10.0. The van der Waals surface area contributed by atoms with Crippen molar-refractivity contribution in [1.29, 1.82) is 0 Å². The highest BCUT2D eigenvalue weighted by molar-refractivity contribution is 6.01. The molecule has 1 heterocycles. The molecule has 8 unspecified atom stereocenters. The Bertz CT molecular complexity index is 978. The molecule has 8 atom stereocenters. The normalized spacial score (nSPS) is 44.8. The van der Waals surface area contributed by atoms with E-state index in [9.17, 15) is 24.3 Å². The lowest BCUT2D eigenvalue weighted by atomic mass is 9.41. The van der Waals surface area contributed by atoms with E-state index in [1.807, 2.05) is 6.92 Å². The Morgan fingerprint density at radius 3 is 2.41 bits per heavy atom. The summed E-state index contributed by atoms with van der Waals surface area (Å²) < 4.78 is 16.3. The molecule has 8 nitrogen and oxygen atoms in total. The molecule has 4 aliphatic rings. The number of carbonyl (C=O) groups is 4. The Hall–Kier alpha value is -2.32. The largest absolute Gasteiger partial charge is 0.469 e. The van der Waals surface area contributed by atoms with Crippen molar-refractivity contribution in [3.63, 3.8) is 0 Å². The van der Waals surface area contributed by atoms with E-state index in [4.69, 9.17) is 14.2 Å². The third-order valence-corrected chi connectivity index (χ3v) is 8.72. The summed E-state index contributed by atoms with van der Waals surface area (Å²) in [5.41, 5.74) is -2.31. The summed E-state index contributed by atoms with van der Waals surface area (Å²) in [7, 11) is 2.54. The number of allylic oxidation sites excluding steroid dienone is 2. The number of methoxy groups -OCH3 is 2. The Morgan fingerprint density at radius 2 is 1.81 bits per heavy atom. The van der Waals surface area contributed by atoms with Crippen LogP contribution in [0.25, 0.3) is 0 Å². The molecule has 1 saturated heterocycles. The summed E-state index contributed by atoms with van der Waals surface area (Å²) in [6.07, 6.45) is 0.331. The van der Waals surface area contributed by atoms with Crippen LogP contribution in [0.1, 0.15) is 40.5 Å². The average Bonchev–Trinajstić information content (AvgIpc) is 3.21. The quantitative estimate of drug-likeness (QED) is 0.649. The summed E-state index contributed by atoms with van der Waals surface area (Å²) in [4.78, 5) is 51.5. The summed E-state index contributed by atoms with van der Waals surface area (Å²) in [5, 5.41) is 11.7. The van der Waals surface area contributed by atoms with Gasteiger partial charge >= 0.3 is 11.9 Å². The molecule has 0 amide bonds. The molecule has 0 aromatic rings. The van der Waals surface area contributed by atoms with Crippen molar-refractivity contribution in [3.05, 3.63) is 23.3 Å². The fourth-order valence-corrected chi connectivity index (χ4v) is 7.27. The van der Waals surface area contributed by atoms with E-state index >= 15 is 0 Å². The molecule has 1 saturated carbocycles. The van der Waals surface area contributed by atoms with Crippen LogP contribution in [0.5, 0.6) is 0 Å². The van der Waals surface area contributed by atoms with Crippen LogP contribution < -0.4 is 0 Å². The number of hydrogen-bond donors (Lipinski definition) is 1. The van der Waals surface area contributed by atoms with E-state index in [0.717, 1.165) is 5.57 Å². The standard InChI is InChI=1S/C24H30O8/c1-11-12(25)9-13-17(11)24(4)14(10-16(27)30-5)23(3)15(26)7-8-22(2,21(29)31-6)19(23)18(28)20(24)32-13/h7-8,13-14,18-20,28H,9-10H2,1-6H3. The summed E-state index contributed by atoms with van der Waals surface area (Å²) >= 11 is 0. The predicted octanol–water partition coefficient (Wildman–Crippen LogP) is 1.54. The molecule has 1 aliphatic heterocycles. The minimum absolute atomic E-state index is 0.0440. The van der Waals surface area contributed by atoms with Gasteiger partial charge in [0, 0.05) is 23.2 Å². The van der Waals surface area contributed by atoms with Gasteiger partial charge in [0.1, 0.15) is 0 Å². The first kappa shape index (κ1) is 22.9. The molecular weight excluding hydrogens is 416 g/mol.